The van der Waals surface area contributed by atoms with Gasteiger partial charge in [-0.15, -0.1) is 0 Å². The SMILES string of the molecule is CCc1cnc(CC)n1CC(C)C(=O)CC(C)O. The van der Waals surface area contributed by atoms with Gasteiger partial charge in [0.2, 0.25) is 0 Å². The zero-order valence-corrected chi connectivity index (χ0v) is 11.8. The Kier molecular flexibility index (Phi) is 5.54. The van der Waals surface area contributed by atoms with E-state index in [1.807, 2.05) is 13.1 Å². The molecule has 0 aliphatic heterocycles. The standard InChI is InChI=1S/C14H24N2O2/c1-5-12-8-15-14(6-2)16(12)9-10(3)13(18)7-11(4)17/h8,10-11,17H,5-7,9H2,1-4H3. The predicted molar refractivity (Wildman–Crippen MR) is 71.5 cm³/mol. The van der Waals surface area contributed by atoms with Gasteiger partial charge in [0.05, 0.1) is 6.10 Å². The van der Waals surface area contributed by atoms with Crippen LogP contribution in [-0.4, -0.2) is 26.5 Å². The van der Waals surface area contributed by atoms with Crippen molar-refractivity contribution in [3.63, 3.8) is 0 Å². The maximum atomic E-state index is 11.9. The van der Waals surface area contributed by atoms with E-state index in [1.165, 1.54) is 5.69 Å². The monoisotopic (exact) mass is 252 g/mol. The first-order valence-electron chi connectivity index (χ1n) is 6.73. The first-order chi connectivity index (χ1) is 8.49. The third kappa shape index (κ3) is 3.67. The number of ketones is 1. The average Bonchev–Trinajstić information content (AvgIpc) is 2.70. The number of hydrogen-bond donors (Lipinski definition) is 1. The summed E-state index contributed by atoms with van der Waals surface area (Å²) in [6, 6.07) is 0. The molecule has 2 unspecified atom stereocenters. The van der Waals surface area contributed by atoms with Crippen molar-refractivity contribution >= 4 is 5.78 Å². The first-order valence-corrected chi connectivity index (χ1v) is 6.73. The lowest BCUT2D eigenvalue weighted by atomic mass is 10.0. The summed E-state index contributed by atoms with van der Waals surface area (Å²) in [5.74, 6) is 1.07. The van der Waals surface area contributed by atoms with Crippen molar-refractivity contribution in [1.29, 1.82) is 0 Å². The van der Waals surface area contributed by atoms with Gasteiger partial charge in [-0.3, -0.25) is 4.79 Å². The fourth-order valence-corrected chi connectivity index (χ4v) is 2.11. The Bertz CT molecular complexity index is 375. The van der Waals surface area contributed by atoms with Crippen molar-refractivity contribution in [1.82, 2.24) is 9.55 Å². The van der Waals surface area contributed by atoms with Crippen molar-refractivity contribution < 1.29 is 9.90 Å². The number of Topliss-reactive ketones (excluding diaryl/α,β-unsaturated/α-hetero) is 1. The van der Waals surface area contributed by atoms with E-state index in [-0.39, 0.29) is 18.1 Å². The van der Waals surface area contributed by atoms with Crippen LogP contribution in [0.2, 0.25) is 0 Å². The van der Waals surface area contributed by atoms with E-state index in [1.54, 1.807) is 6.92 Å². The lowest BCUT2D eigenvalue weighted by Crippen LogP contribution is -2.22. The van der Waals surface area contributed by atoms with Gasteiger partial charge in [-0.1, -0.05) is 20.8 Å². The Morgan fingerprint density at radius 2 is 2.06 bits per heavy atom. The van der Waals surface area contributed by atoms with Gasteiger partial charge in [0, 0.05) is 37.2 Å². The van der Waals surface area contributed by atoms with E-state index in [0.29, 0.717) is 6.54 Å². The van der Waals surface area contributed by atoms with Crippen molar-refractivity contribution in [2.75, 3.05) is 0 Å². The van der Waals surface area contributed by atoms with E-state index in [4.69, 9.17) is 0 Å². The second kappa shape index (κ2) is 6.69. The van der Waals surface area contributed by atoms with Gasteiger partial charge >= 0.3 is 0 Å². The van der Waals surface area contributed by atoms with Crippen LogP contribution in [0.5, 0.6) is 0 Å². The third-order valence-electron chi connectivity index (χ3n) is 3.20. The fourth-order valence-electron chi connectivity index (χ4n) is 2.11. The maximum absolute atomic E-state index is 11.9. The number of aliphatic hydroxyl groups excluding tert-OH is 1. The second-order valence-corrected chi connectivity index (χ2v) is 4.90. The lowest BCUT2D eigenvalue weighted by Gasteiger charge is -2.16. The van der Waals surface area contributed by atoms with E-state index >= 15 is 0 Å². The number of aliphatic hydroxyl groups is 1. The molecule has 0 aromatic carbocycles. The molecule has 0 fully saturated rings. The van der Waals surface area contributed by atoms with Crippen LogP contribution in [-0.2, 0) is 24.2 Å². The number of imidazole rings is 1. The minimum Gasteiger partial charge on any atom is -0.393 e. The van der Waals surface area contributed by atoms with Gasteiger partial charge in [0.25, 0.3) is 0 Å². The Hall–Kier alpha value is -1.16. The molecule has 0 amide bonds. The Morgan fingerprint density at radius 1 is 1.39 bits per heavy atom. The van der Waals surface area contributed by atoms with Crippen LogP contribution in [0.1, 0.15) is 45.6 Å². The smallest absolute Gasteiger partial charge is 0.140 e. The molecule has 102 valence electrons. The largest absolute Gasteiger partial charge is 0.393 e. The van der Waals surface area contributed by atoms with Gasteiger partial charge in [0.1, 0.15) is 11.6 Å². The maximum Gasteiger partial charge on any atom is 0.140 e. The van der Waals surface area contributed by atoms with Crippen molar-refractivity contribution in [3.05, 3.63) is 17.7 Å². The van der Waals surface area contributed by atoms with Crippen LogP contribution < -0.4 is 0 Å². The lowest BCUT2D eigenvalue weighted by molar-refractivity contribution is -0.124. The van der Waals surface area contributed by atoms with Crippen LogP contribution in [0.25, 0.3) is 0 Å². The van der Waals surface area contributed by atoms with E-state index < -0.39 is 6.10 Å². The minimum absolute atomic E-state index is 0.0793. The molecule has 0 radical (unpaired) electrons. The number of carbonyl (C=O) groups is 1. The molecule has 4 nitrogen and oxygen atoms in total. The number of aromatic nitrogens is 2. The highest BCUT2D eigenvalue weighted by Crippen LogP contribution is 2.13. The average molecular weight is 252 g/mol. The van der Waals surface area contributed by atoms with Crippen molar-refractivity contribution in [3.8, 4) is 0 Å². The highest BCUT2D eigenvalue weighted by molar-refractivity contribution is 5.81. The Labute approximate surface area is 109 Å². The van der Waals surface area contributed by atoms with Gasteiger partial charge in [-0.2, -0.15) is 0 Å². The minimum atomic E-state index is -0.556. The normalized spacial score (nSPS) is 14.5. The van der Waals surface area contributed by atoms with Gasteiger partial charge in [0.15, 0.2) is 0 Å². The Morgan fingerprint density at radius 3 is 2.56 bits per heavy atom. The number of nitrogens with zero attached hydrogens (tertiary/aromatic N) is 2. The Balaban J connectivity index is 2.77. The van der Waals surface area contributed by atoms with Crippen LogP contribution in [0, 0.1) is 5.92 Å². The second-order valence-electron chi connectivity index (χ2n) is 4.90. The van der Waals surface area contributed by atoms with E-state index in [2.05, 4.69) is 23.4 Å². The van der Waals surface area contributed by atoms with Gasteiger partial charge in [-0.25, -0.2) is 4.98 Å². The molecule has 1 heterocycles. The molecule has 18 heavy (non-hydrogen) atoms. The molecule has 0 saturated heterocycles. The summed E-state index contributed by atoms with van der Waals surface area (Å²) in [4.78, 5) is 16.3. The molecule has 0 spiro atoms. The highest BCUT2D eigenvalue weighted by atomic mass is 16.3. The molecule has 0 aliphatic carbocycles. The molecular weight excluding hydrogens is 228 g/mol. The summed E-state index contributed by atoms with van der Waals surface area (Å²) in [5.41, 5.74) is 1.17. The quantitative estimate of drug-likeness (QED) is 0.807. The fraction of sp³-hybridized carbons (Fsp3) is 0.714. The molecule has 0 saturated carbocycles. The topological polar surface area (TPSA) is 55.1 Å². The predicted octanol–water partition coefficient (Wildman–Crippen LogP) is 1.98. The molecule has 0 bridgehead atoms. The van der Waals surface area contributed by atoms with Crippen LogP contribution >= 0.6 is 0 Å². The van der Waals surface area contributed by atoms with Crippen LogP contribution in [0.3, 0.4) is 0 Å². The zero-order valence-electron chi connectivity index (χ0n) is 11.8. The number of hydrogen-bond acceptors (Lipinski definition) is 3. The molecule has 2 atom stereocenters. The van der Waals surface area contributed by atoms with E-state index in [9.17, 15) is 9.90 Å². The number of carbonyl (C=O) groups excluding carboxylic acids is 1. The molecule has 4 heteroatoms. The third-order valence-corrected chi connectivity index (χ3v) is 3.20. The summed E-state index contributed by atoms with van der Waals surface area (Å²) in [6.45, 7) is 8.40. The van der Waals surface area contributed by atoms with Crippen LogP contribution in [0.15, 0.2) is 6.20 Å². The molecule has 1 rings (SSSR count). The highest BCUT2D eigenvalue weighted by Gasteiger charge is 2.18. The summed E-state index contributed by atoms with van der Waals surface area (Å²) >= 11 is 0. The summed E-state index contributed by atoms with van der Waals surface area (Å²) in [7, 11) is 0. The van der Waals surface area contributed by atoms with E-state index in [0.717, 1.165) is 18.7 Å². The first kappa shape index (κ1) is 14.9. The summed E-state index contributed by atoms with van der Waals surface area (Å²) in [6.07, 6.45) is 3.37. The van der Waals surface area contributed by atoms with Crippen LogP contribution in [0.4, 0.5) is 0 Å². The summed E-state index contributed by atoms with van der Waals surface area (Å²) in [5, 5.41) is 9.26. The molecule has 1 aromatic rings. The van der Waals surface area contributed by atoms with Crippen molar-refractivity contribution in [2.45, 2.75) is 59.6 Å². The number of aryl methyl sites for hydroxylation is 2. The van der Waals surface area contributed by atoms with Gasteiger partial charge in [-0.05, 0) is 13.3 Å². The molecular formula is C14H24N2O2. The summed E-state index contributed by atoms with van der Waals surface area (Å²) < 4.78 is 2.14. The molecule has 0 aliphatic rings. The zero-order chi connectivity index (χ0) is 13.7. The van der Waals surface area contributed by atoms with Crippen molar-refractivity contribution in [2.24, 2.45) is 5.92 Å². The molecule has 1 N–H and O–H groups in total. The number of rotatable bonds is 7. The van der Waals surface area contributed by atoms with Gasteiger partial charge < -0.3 is 9.67 Å². The molecule has 1 aromatic heterocycles.